The van der Waals surface area contributed by atoms with E-state index in [1.165, 1.54) is 0 Å². The number of carboxylic acid groups (broad SMARTS) is 1. The molecule has 2 bridgehead atoms. The van der Waals surface area contributed by atoms with E-state index in [9.17, 15) is 19.5 Å². The molecule has 0 aromatic carbocycles. The average molecular weight is 347 g/mol. The van der Waals surface area contributed by atoms with Gasteiger partial charge in [0.25, 0.3) is 5.56 Å². The molecule has 4 atom stereocenters. The largest absolute Gasteiger partial charge is 0.480 e. The van der Waals surface area contributed by atoms with Crippen LogP contribution in [0.25, 0.3) is 0 Å². The maximum absolute atomic E-state index is 12.6. The minimum Gasteiger partial charge on any atom is -0.480 e. The summed E-state index contributed by atoms with van der Waals surface area (Å²) >= 11 is 0. The van der Waals surface area contributed by atoms with Gasteiger partial charge in [0.05, 0.1) is 0 Å². The summed E-state index contributed by atoms with van der Waals surface area (Å²) in [5, 5.41) is 12.1. The van der Waals surface area contributed by atoms with Gasteiger partial charge in [-0.1, -0.05) is 26.3 Å². The zero-order valence-electron chi connectivity index (χ0n) is 14.6. The first kappa shape index (κ1) is 17.5. The molecule has 0 unspecified atom stereocenters. The molecule has 2 aliphatic heterocycles. The lowest BCUT2D eigenvalue weighted by Crippen LogP contribution is -2.55. The van der Waals surface area contributed by atoms with Crippen molar-refractivity contribution in [2.45, 2.75) is 45.2 Å². The summed E-state index contributed by atoms with van der Waals surface area (Å²) in [6, 6.07) is 4.07. The number of rotatable bonds is 4. The van der Waals surface area contributed by atoms with Crippen LogP contribution >= 0.6 is 0 Å². The number of nitrogens with zero attached hydrogens (tertiary/aromatic N) is 2. The maximum Gasteiger partial charge on any atom is 0.326 e. The number of hydrogen-bond acceptors (Lipinski definition) is 3. The van der Waals surface area contributed by atoms with Crippen LogP contribution in [0.3, 0.4) is 0 Å². The lowest BCUT2D eigenvalue weighted by molar-refractivity contribution is -0.140. The van der Waals surface area contributed by atoms with Crippen LogP contribution < -0.4 is 10.9 Å². The number of amides is 2. The average Bonchev–Trinajstić information content (AvgIpc) is 2.59. The Morgan fingerprint density at radius 1 is 1.32 bits per heavy atom. The van der Waals surface area contributed by atoms with Gasteiger partial charge in [-0.2, -0.15) is 0 Å². The quantitative estimate of drug-likeness (QED) is 0.863. The highest BCUT2D eigenvalue weighted by atomic mass is 16.4. The molecule has 7 heteroatoms. The number of fused-ring (bicyclic) bond motifs is 4. The number of pyridine rings is 1. The summed E-state index contributed by atoms with van der Waals surface area (Å²) in [5.41, 5.74) is 0.978. The summed E-state index contributed by atoms with van der Waals surface area (Å²) in [6.07, 6.45) is 1.64. The van der Waals surface area contributed by atoms with E-state index in [1.807, 2.05) is 24.5 Å². The summed E-state index contributed by atoms with van der Waals surface area (Å²) in [6.45, 7) is 5.41. The Kier molecular flexibility index (Phi) is 4.83. The number of hydrogen-bond donors (Lipinski definition) is 2. The molecule has 7 nitrogen and oxygen atoms in total. The van der Waals surface area contributed by atoms with E-state index in [1.54, 1.807) is 17.0 Å². The lowest BCUT2D eigenvalue weighted by Gasteiger charge is -2.43. The van der Waals surface area contributed by atoms with E-state index in [0.717, 1.165) is 12.1 Å². The zero-order valence-corrected chi connectivity index (χ0v) is 14.6. The van der Waals surface area contributed by atoms with Crippen LogP contribution in [0.15, 0.2) is 23.0 Å². The molecule has 3 heterocycles. The molecule has 136 valence electrons. The molecule has 2 amide bonds. The predicted molar refractivity (Wildman–Crippen MR) is 92.5 cm³/mol. The SMILES string of the molecule is CC[C@@H](C)[C@H](NC(=O)N1C[C@H]2C[C@@H](C1)c1cccc(=O)n1C2)C(=O)O. The second-order valence-electron chi connectivity index (χ2n) is 7.25. The maximum atomic E-state index is 12.6. The molecule has 1 aromatic heterocycles. The second kappa shape index (κ2) is 6.90. The Balaban J connectivity index is 1.75. The first-order chi connectivity index (χ1) is 11.9. The van der Waals surface area contributed by atoms with Crippen LogP contribution in [0.1, 0.15) is 38.3 Å². The van der Waals surface area contributed by atoms with Crippen molar-refractivity contribution in [1.82, 2.24) is 14.8 Å². The van der Waals surface area contributed by atoms with Crippen LogP contribution in [0.5, 0.6) is 0 Å². The zero-order chi connectivity index (χ0) is 18.1. The molecular weight excluding hydrogens is 322 g/mol. The number of piperidine rings is 1. The number of carbonyl (C=O) groups is 2. The lowest BCUT2D eigenvalue weighted by atomic mass is 9.83. The first-order valence-corrected chi connectivity index (χ1v) is 8.88. The van der Waals surface area contributed by atoms with Crippen LogP contribution in [0.4, 0.5) is 4.79 Å². The number of aromatic nitrogens is 1. The van der Waals surface area contributed by atoms with Gasteiger partial charge in [-0.05, 0) is 24.3 Å². The minimum absolute atomic E-state index is 0.00723. The fourth-order valence-corrected chi connectivity index (χ4v) is 3.97. The van der Waals surface area contributed by atoms with Crippen molar-refractivity contribution < 1.29 is 14.7 Å². The van der Waals surface area contributed by atoms with Crippen LogP contribution in [0, 0.1) is 11.8 Å². The molecule has 2 N–H and O–H groups in total. The van der Waals surface area contributed by atoms with E-state index in [4.69, 9.17) is 0 Å². The standard InChI is InChI=1S/C18H25N3O4/c1-3-11(2)16(17(23)24)19-18(25)20-8-12-7-13(10-20)14-5-4-6-15(22)21(14)9-12/h4-6,11-13,16H,3,7-10H2,1-2H3,(H,19,25)(H,23,24)/t11-,12-,13+,16+/m1/s1. The van der Waals surface area contributed by atoms with Crippen molar-refractivity contribution in [3.63, 3.8) is 0 Å². The Labute approximate surface area is 146 Å². The van der Waals surface area contributed by atoms with Gasteiger partial charge in [0.1, 0.15) is 6.04 Å². The van der Waals surface area contributed by atoms with Crippen LogP contribution in [-0.2, 0) is 11.3 Å². The highest BCUT2D eigenvalue weighted by Gasteiger charge is 2.37. The number of nitrogens with one attached hydrogen (secondary N) is 1. The van der Waals surface area contributed by atoms with Crippen molar-refractivity contribution in [3.05, 3.63) is 34.2 Å². The molecule has 1 fully saturated rings. The Morgan fingerprint density at radius 3 is 2.76 bits per heavy atom. The number of urea groups is 1. The highest BCUT2D eigenvalue weighted by molar-refractivity contribution is 5.83. The van der Waals surface area contributed by atoms with Gasteiger partial charge < -0.3 is 19.9 Å². The fraction of sp³-hybridized carbons (Fsp3) is 0.611. The Morgan fingerprint density at radius 2 is 2.08 bits per heavy atom. The molecule has 1 aromatic rings. The molecule has 3 rings (SSSR count). The second-order valence-corrected chi connectivity index (χ2v) is 7.25. The molecule has 2 aliphatic rings. The van der Waals surface area contributed by atoms with Gasteiger partial charge in [0.2, 0.25) is 0 Å². The van der Waals surface area contributed by atoms with E-state index in [-0.39, 0.29) is 29.3 Å². The van der Waals surface area contributed by atoms with E-state index in [2.05, 4.69) is 5.32 Å². The first-order valence-electron chi connectivity index (χ1n) is 8.88. The minimum atomic E-state index is -1.00. The van der Waals surface area contributed by atoms with Crippen LogP contribution in [0.2, 0.25) is 0 Å². The number of aliphatic carboxylic acids is 1. The monoisotopic (exact) mass is 347 g/mol. The van der Waals surface area contributed by atoms with Crippen molar-refractivity contribution >= 4 is 12.0 Å². The number of carboxylic acids is 1. The summed E-state index contributed by atoms with van der Waals surface area (Å²) < 4.78 is 1.81. The predicted octanol–water partition coefficient (Wildman–Crippen LogP) is 1.48. The molecule has 25 heavy (non-hydrogen) atoms. The van der Waals surface area contributed by atoms with Gasteiger partial charge >= 0.3 is 12.0 Å². The van der Waals surface area contributed by atoms with Gasteiger partial charge in [-0.15, -0.1) is 0 Å². The Hall–Kier alpha value is -2.31. The van der Waals surface area contributed by atoms with E-state index >= 15 is 0 Å². The molecule has 1 saturated heterocycles. The summed E-state index contributed by atoms with van der Waals surface area (Å²) in [5.74, 6) is -0.787. The van der Waals surface area contributed by atoms with Gasteiger partial charge in [-0.3, -0.25) is 4.79 Å². The van der Waals surface area contributed by atoms with Gasteiger partial charge in [-0.25, -0.2) is 9.59 Å². The topological polar surface area (TPSA) is 91.6 Å². The molecule has 0 aliphatic carbocycles. The van der Waals surface area contributed by atoms with Gasteiger partial charge in [0.15, 0.2) is 0 Å². The molecule has 0 spiro atoms. The van der Waals surface area contributed by atoms with E-state index in [0.29, 0.717) is 26.1 Å². The number of likely N-dealkylation sites (tertiary alicyclic amines) is 1. The molecule has 0 saturated carbocycles. The molecular formula is C18H25N3O4. The third-order valence-corrected chi connectivity index (χ3v) is 5.52. The van der Waals surface area contributed by atoms with Crippen molar-refractivity contribution in [3.8, 4) is 0 Å². The van der Waals surface area contributed by atoms with Crippen molar-refractivity contribution in [2.24, 2.45) is 11.8 Å². The van der Waals surface area contributed by atoms with Crippen molar-refractivity contribution in [2.75, 3.05) is 13.1 Å². The summed E-state index contributed by atoms with van der Waals surface area (Å²) in [4.78, 5) is 37.8. The third-order valence-electron chi connectivity index (χ3n) is 5.52. The molecule has 0 radical (unpaired) electrons. The highest BCUT2D eigenvalue weighted by Crippen LogP contribution is 2.34. The normalized spacial score (nSPS) is 24.2. The van der Waals surface area contributed by atoms with Crippen LogP contribution in [-0.4, -0.2) is 45.7 Å². The third kappa shape index (κ3) is 3.41. The Bertz CT molecular complexity index is 729. The smallest absolute Gasteiger partial charge is 0.326 e. The van der Waals surface area contributed by atoms with Crippen molar-refractivity contribution in [1.29, 1.82) is 0 Å². The summed E-state index contributed by atoms with van der Waals surface area (Å²) in [7, 11) is 0. The van der Waals surface area contributed by atoms with Gasteiger partial charge in [0, 0.05) is 37.3 Å². The number of carbonyl (C=O) groups excluding carboxylic acids is 1. The van der Waals surface area contributed by atoms with E-state index < -0.39 is 12.0 Å². The fourth-order valence-electron chi connectivity index (χ4n) is 3.97.